The van der Waals surface area contributed by atoms with Gasteiger partial charge in [-0.05, 0) is 43.3 Å². The number of aromatic amines is 1. The molecule has 0 aliphatic heterocycles. The van der Waals surface area contributed by atoms with Gasteiger partial charge in [-0.15, -0.1) is 11.3 Å². The lowest BCUT2D eigenvalue weighted by atomic mass is 10.00. The van der Waals surface area contributed by atoms with Crippen LogP contribution in [0.2, 0.25) is 0 Å². The minimum atomic E-state index is -0.427. The number of rotatable bonds is 7. The predicted octanol–water partition coefficient (Wildman–Crippen LogP) is 4.23. The Hall–Kier alpha value is -2.47. The second-order valence-corrected chi connectivity index (χ2v) is 7.85. The largest absolute Gasteiger partial charge is 0.337 e. The van der Waals surface area contributed by atoms with Crippen LogP contribution in [0.25, 0.3) is 10.8 Å². The summed E-state index contributed by atoms with van der Waals surface area (Å²) in [6, 6.07) is 9.40. The molecule has 1 amide bonds. The molecule has 3 aromatic rings. The Kier molecular flexibility index (Phi) is 6.06. The lowest BCUT2D eigenvalue weighted by molar-refractivity contribution is -0.133. The zero-order valence-electron chi connectivity index (χ0n) is 16.0. The van der Waals surface area contributed by atoms with Crippen molar-refractivity contribution < 1.29 is 4.79 Å². The van der Waals surface area contributed by atoms with Crippen molar-refractivity contribution in [3.8, 4) is 0 Å². The molecule has 1 atom stereocenters. The summed E-state index contributed by atoms with van der Waals surface area (Å²) in [5, 5.41) is 10.1. The third kappa shape index (κ3) is 4.11. The highest BCUT2D eigenvalue weighted by molar-refractivity contribution is 7.10. The molecule has 27 heavy (non-hydrogen) atoms. The number of fused-ring (bicyclic) bond motifs is 1. The number of H-pyrrole nitrogens is 1. The molecular weight excluding hydrogens is 358 g/mol. The zero-order chi connectivity index (χ0) is 19.4. The third-order valence-corrected chi connectivity index (χ3v) is 5.91. The van der Waals surface area contributed by atoms with E-state index in [4.69, 9.17) is 0 Å². The Morgan fingerprint density at radius 1 is 1.26 bits per heavy atom. The van der Waals surface area contributed by atoms with E-state index in [2.05, 4.69) is 35.5 Å². The van der Waals surface area contributed by atoms with Gasteiger partial charge in [-0.25, -0.2) is 5.10 Å². The molecule has 2 heterocycles. The minimum Gasteiger partial charge on any atom is -0.337 e. The van der Waals surface area contributed by atoms with E-state index >= 15 is 0 Å². The SMILES string of the molecule is CCCCN(Cc1sccc1C)C(=O)C(C)c1n[nH]c(=O)c2ccccc12. The number of amides is 1. The predicted molar refractivity (Wildman–Crippen MR) is 110 cm³/mol. The number of nitrogens with zero attached hydrogens (tertiary/aromatic N) is 2. The van der Waals surface area contributed by atoms with Crippen molar-refractivity contribution in [2.24, 2.45) is 0 Å². The van der Waals surface area contributed by atoms with Gasteiger partial charge in [-0.3, -0.25) is 9.59 Å². The van der Waals surface area contributed by atoms with E-state index in [-0.39, 0.29) is 11.5 Å². The molecular formula is C21H25N3O2S. The summed E-state index contributed by atoms with van der Waals surface area (Å²) in [5.41, 5.74) is 1.61. The topological polar surface area (TPSA) is 66.1 Å². The number of aromatic nitrogens is 2. The number of carbonyl (C=O) groups is 1. The maximum absolute atomic E-state index is 13.3. The Labute approximate surface area is 163 Å². The maximum Gasteiger partial charge on any atom is 0.272 e. The van der Waals surface area contributed by atoms with Gasteiger partial charge in [-0.1, -0.05) is 31.5 Å². The second-order valence-electron chi connectivity index (χ2n) is 6.85. The van der Waals surface area contributed by atoms with E-state index in [1.165, 1.54) is 10.4 Å². The van der Waals surface area contributed by atoms with Crippen molar-refractivity contribution in [3.05, 3.63) is 62.2 Å². The van der Waals surface area contributed by atoms with Gasteiger partial charge in [0.1, 0.15) is 0 Å². The Morgan fingerprint density at radius 3 is 2.67 bits per heavy atom. The van der Waals surface area contributed by atoms with Crippen molar-refractivity contribution in [1.29, 1.82) is 0 Å². The van der Waals surface area contributed by atoms with Crippen LogP contribution in [0.3, 0.4) is 0 Å². The molecule has 142 valence electrons. The highest BCUT2D eigenvalue weighted by Gasteiger charge is 2.25. The summed E-state index contributed by atoms with van der Waals surface area (Å²) in [4.78, 5) is 28.5. The summed E-state index contributed by atoms with van der Waals surface area (Å²) < 4.78 is 0. The van der Waals surface area contributed by atoms with Crippen LogP contribution in [0, 0.1) is 6.92 Å². The first kappa shape index (κ1) is 19.3. The van der Waals surface area contributed by atoms with Gasteiger partial charge in [0.05, 0.1) is 23.5 Å². The van der Waals surface area contributed by atoms with E-state index < -0.39 is 5.92 Å². The Balaban J connectivity index is 1.92. The Morgan fingerprint density at radius 2 is 2.00 bits per heavy atom. The Bertz CT molecular complexity index is 992. The summed E-state index contributed by atoms with van der Waals surface area (Å²) in [6.45, 7) is 7.41. The molecule has 1 N–H and O–H groups in total. The number of unbranched alkanes of at least 4 members (excludes halogenated alkanes) is 1. The molecule has 1 aromatic carbocycles. The van der Waals surface area contributed by atoms with Gasteiger partial charge in [0.15, 0.2) is 0 Å². The first-order valence-corrected chi connectivity index (χ1v) is 10.2. The van der Waals surface area contributed by atoms with Crippen LogP contribution in [0.15, 0.2) is 40.5 Å². The molecule has 0 aliphatic carbocycles. The monoisotopic (exact) mass is 383 g/mol. The number of thiophene rings is 1. The highest BCUT2D eigenvalue weighted by atomic mass is 32.1. The van der Waals surface area contributed by atoms with E-state index in [1.807, 2.05) is 30.0 Å². The molecule has 0 bridgehead atoms. The molecule has 0 saturated heterocycles. The fraction of sp³-hybridized carbons (Fsp3) is 0.381. The fourth-order valence-corrected chi connectivity index (χ4v) is 4.13. The van der Waals surface area contributed by atoms with Crippen LogP contribution < -0.4 is 5.56 Å². The summed E-state index contributed by atoms with van der Waals surface area (Å²) in [5.74, 6) is -0.384. The van der Waals surface area contributed by atoms with Crippen LogP contribution in [0.5, 0.6) is 0 Å². The van der Waals surface area contributed by atoms with Gasteiger partial charge in [0, 0.05) is 16.8 Å². The molecule has 0 spiro atoms. The van der Waals surface area contributed by atoms with E-state index in [9.17, 15) is 9.59 Å². The number of benzene rings is 1. The first-order valence-electron chi connectivity index (χ1n) is 9.32. The quantitative estimate of drug-likeness (QED) is 0.664. The lowest BCUT2D eigenvalue weighted by Gasteiger charge is -2.26. The molecule has 2 aromatic heterocycles. The van der Waals surface area contributed by atoms with Gasteiger partial charge < -0.3 is 4.90 Å². The summed E-state index contributed by atoms with van der Waals surface area (Å²) >= 11 is 1.68. The summed E-state index contributed by atoms with van der Waals surface area (Å²) in [7, 11) is 0. The van der Waals surface area contributed by atoms with Crippen LogP contribution >= 0.6 is 11.3 Å². The zero-order valence-corrected chi connectivity index (χ0v) is 16.8. The number of carbonyl (C=O) groups excluding carboxylic acids is 1. The average Bonchev–Trinajstić information content (AvgIpc) is 3.09. The van der Waals surface area contributed by atoms with Gasteiger partial charge in [-0.2, -0.15) is 5.10 Å². The smallest absolute Gasteiger partial charge is 0.272 e. The van der Waals surface area contributed by atoms with Crippen LogP contribution in [-0.4, -0.2) is 27.5 Å². The van der Waals surface area contributed by atoms with Crippen LogP contribution in [0.1, 0.15) is 48.7 Å². The number of aryl methyl sites for hydroxylation is 1. The second kappa shape index (κ2) is 8.48. The van der Waals surface area contributed by atoms with E-state index in [1.54, 1.807) is 17.4 Å². The van der Waals surface area contributed by atoms with E-state index in [0.717, 1.165) is 24.8 Å². The number of nitrogens with one attached hydrogen (secondary N) is 1. The van der Waals surface area contributed by atoms with Gasteiger partial charge in [0.2, 0.25) is 5.91 Å². The van der Waals surface area contributed by atoms with Crippen molar-refractivity contribution >= 4 is 28.0 Å². The van der Waals surface area contributed by atoms with Crippen LogP contribution in [-0.2, 0) is 11.3 Å². The van der Waals surface area contributed by atoms with Crippen molar-refractivity contribution in [2.45, 2.75) is 46.1 Å². The first-order chi connectivity index (χ1) is 13.0. The molecule has 0 saturated carbocycles. The van der Waals surface area contributed by atoms with Crippen molar-refractivity contribution in [2.75, 3.05) is 6.54 Å². The number of hydrogen-bond acceptors (Lipinski definition) is 4. The molecule has 0 aliphatic rings. The summed E-state index contributed by atoms with van der Waals surface area (Å²) in [6.07, 6.45) is 1.99. The van der Waals surface area contributed by atoms with Crippen molar-refractivity contribution in [3.63, 3.8) is 0 Å². The fourth-order valence-electron chi connectivity index (χ4n) is 3.21. The molecule has 0 fully saturated rings. The van der Waals surface area contributed by atoms with Gasteiger partial charge in [0.25, 0.3) is 5.56 Å². The van der Waals surface area contributed by atoms with Crippen LogP contribution in [0.4, 0.5) is 0 Å². The number of hydrogen-bond donors (Lipinski definition) is 1. The highest BCUT2D eigenvalue weighted by Crippen LogP contribution is 2.25. The molecule has 6 heteroatoms. The molecule has 0 radical (unpaired) electrons. The molecule has 1 unspecified atom stereocenters. The maximum atomic E-state index is 13.3. The van der Waals surface area contributed by atoms with E-state index in [0.29, 0.717) is 17.6 Å². The minimum absolute atomic E-state index is 0.0425. The van der Waals surface area contributed by atoms with Gasteiger partial charge >= 0.3 is 0 Å². The standard InChI is InChI=1S/C21H25N3O2S/c1-4-5-11-24(13-18-14(2)10-12-27-18)21(26)15(3)19-16-8-6-7-9-17(16)20(25)23-22-19/h6-10,12,15H,4-5,11,13H2,1-3H3,(H,23,25). The normalized spacial score (nSPS) is 12.3. The third-order valence-electron chi connectivity index (χ3n) is 4.90. The van der Waals surface area contributed by atoms with Crippen molar-refractivity contribution in [1.82, 2.24) is 15.1 Å². The lowest BCUT2D eigenvalue weighted by Crippen LogP contribution is -2.35. The molecule has 5 nitrogen and oxygen atoms in total. The average molecular weight is 384 g/mol. The molecule has 3 rings (SSSR count).